The van der Waals surface area contributed by atoms with Gasteiger partial charge in [0.25, 0.3) is 0 Å². The number of aromatic nitrogens is 2. The number of halogens is 1. The molecule has 0 radical (unpaired) electrons. The molecule has 94 valence electrons. The second-order valence-electron chi connectivity index (χ2n) is 3.57. The van der Waals surface area contributed by atoms with Gasteiger partial charge in [-0.1, -0.05) is 22.8 Å². The highest BCUT2D eigenvalue weighted by Gasteiger charge is 2.19. The monoisotopic (exact) mass is 267 g/mol. The molecule has 0 aliphatic heterocycles. The summed E-state index contributed by atoms with van der Waals surface area (Å²) >= 11 is 5.64. The number of carbonyl (C=O) groups excluding carboxylic acids is 1. The van der Waals surface area contributed by atoms with Gasteiger partial charge < -0.3 is 15.0 Å². The lowest BCUT2D eigenvalue weighted by molar-refractivity contribution is 0.0472. The first-order valence-corrected chi connectivity index (χ1v) is 5.45. The fourth-order valence-corrected chi connectivity index (χ4v) is 1.46. The molecule has 0 spiro atoms. The lowest BCUT2D eigenvalue weighted by atomic mass is 10.2. The Morgan fingerprint density at radius 3 is 2.89 bits per heavy atom. The number of hydrogen-bond acceptors (Lipinski definition) is 6. The van der Waals surface area contributed by atoms with Crippen LogP contribution in [0.5, 0.6) is 0 Å². The van der Waals surface area contributed by atoms with Crippen LogP contribution in [0, 0.1) is 6.92 Å². The summed E-state index contributed by atoms with van der Waals surface area (Å²) in [6.07, 6.45) is 1.53. The molecule has 0 aliphatic rings. The molecule has 2 heterocycles. The molecule has 0 aliphatic carbocycles. The third kappa shape index (κ3) is 2.60. The van der Waals surface area contributed by atoms with Crippen molar-refractivity contribution < 1.29 is 14.1 Å². The molecule has 18 heavy (non-hydrogen) atoms. The van der Waals surface area contributed by atoms with E-state index in [2.05, 4.69) is 14.7 Å². The van der Waals surface area contributed by atoms with Crippen LogP contribution in [0.15, 0.2) is 22.9 Å². The van der Waals surface area contributed by atoms with Crippen molar-refractivity contribution in [2.24, 2.45) is 0 Å². The van der Waals surface area contributed by atoms with Crippen LogP contribution in [0.3, 0.4) is 0 Å². The Kier molecular flexibility index (Phi) is 3.47. The second kappa shape index (κ2) is 5.05. The van der Waals surface area contributed by atoms with Crippen molar-refractivity contribution in [3.63, 3.8) is 0 Å². The fourth-order valence-electron chi connectivity index (χ4n) is 1.35. The molecule has 2 aromatic rings. The Balaban J connectivity index is 2.03. The predicted molar refractivity (Wildman–Crippen MR) is 64.0 cm³/mol. The van der Waals surface area contributed by atoms with Crippen LogP contribution >= 0.6 is 11.6 Å². The Hall–Kier alpha value is -2.08. The number of hydrogen-bond donors (Lipinski definition) is 1. The second-order valence-corrected chi connectivity index (χ2v) is 3.96. The van der Waals surface area contributed by atoms with Gasteiger partial charge in [-0.3, -0.25) is 0 Å². The van der Waals surface area contributed by atoms with Gasteiger partial charge >= 0.3 is 5.97 Å². The van der Waals surface area contributed by atoms with E-state index in [9.17, 15) is 4.79 Å². The number of rotatable bonds is 3. The highest BCUT2D eigenvalue weighted by atomic mass is 35.5. The lowest BCUT2D eigenvalue weighted by Gasteiger charge is -2.03. The summed E-state index contributed by atoms with van der Waals surface area (Å²) < 4.78 is 9.75. The number of nitrogens with zero attached hydrogens (tertiary/aromatic N) is 2. The van der Waals surface area contributed by atoms with Crippen molar-refractivity contribution in [2.45, 2.75) is 13.5 Å². The van der Waals surface area contributed by atoms with E-state index in [4.69, 9.17) is 22.1 Å². The normalized spacial score (nSPS) is 10.3. The maximum atomic E-state index is 11.7. The first kappa shape index (κ1) is 12.4. The van der Waals surface area contributed by atoms with Gasteiger partial charge in [-0.05, 0) is 13.0 Å². The van der Waals surface area contributed by atoms with Crippen molar-refractivity contribution in [3.8, 4) is 0 Å². The van der Waals surface area contributed by atoms with Crippen molar-refractivity contribution in [3.05, 3.63) is 40.3 Å². The zero-order valence-electron chi connectivity index (χ0n) is 9.51. The zero-order valence-corrected chi connectivity index (χ0v) is 10.3. The zero-order chi connectivity index (χ0) is 13.1. The van der Waals surface area contributed by atoms with E-state index in [-0.39, 0.29) is 18.1 Å². The van der Waals surface area contributed by atoms with E-state index in [1.54, 1.807) is 19.1 Å². The molecular formula is C11H10ClN3O3. The highest BCUT2D eigenvalue weighted by molar-refractivity contribution is 6.29. The summed E-state index contributed by atoms with van der Waals surface area (Å²) in [6, 6.07) is 3.33. The first-order chi connectivity index (χ1) is 8.58. The topological polar surface area (TPSA) is 91.2 Å². The third-order valence-electron chi connectivity index (χ3n) is 2.25. The van der Waals surface area contributed by atoms with Gasteiger partial charge in [0.05, 0.1) is 5.69 Å². The maximum Gasteiger partial charge on any atom is 0.346 e. The minimum atomic E-state index is -0.582. The van der Waals surface area contributed by atoms with Gasteiger partial charge in [-0.15, -0.1) is 0 Å². The molecule has 6 nitrogen and oxygen atoms in total. The SMILES string of the molecule is Cc1noc(N)c1C(=O)OCc1ccc(Cl)nc1. The van der Waals surface area contributed by atoms with Crippen LogP contribution in [0.1, 0.15) is 21.6 Å². The number of nitrogen functional groups attached to an aromatic ring is 1. The summed E-state index contributed by atoms with van der Waals surface area (Å²) in [6.45, 7) is 1.69. The van der Waals surface area contributed by atoms with Crippen LogP contribution in [0.2, 0.25) is 5.15 Å². The quantitative estimate of drug-likeness (QED) is 0.675. The van der Waals surface area contributed by atoms with Crippen LogP contribution in [-0.4, -0.2) is 16.1 Å². The minimum absolute atomic E-state index is 0.0493. The molecule has 0 unspecified atom stereocenters. The molecule has 2 rings (SSSR count). The Bertz CT molecular complexity index is 546. The van der Waals surface area contributed by atoms with E-state index >= 15 is 0 Å². The smallest absolute Gasteiger partial charge is 0.346 e. The summed E-state index contributed by atoms with van der Waals surface area (Å²) in [5, 5.41) is 3.95. The fraction of sp³-hybridized carbons (Fsp3) is 0.182. The van der Waals surface area contributed by atoms with Crippen LogP contribution in [0.25, 0.3) is 0 Å². The summed E-state index contributed by atoms with van der Waals surface area (Å²) in [5.74, 6) is -0.632. The van der Waals surface area contributed by atoms with Crippen molar-refractivity contribution in [1.29, 1.82) is 0 Å². The Morgan fingerprint density at radius 2 is 2.33 bits per heavy atom. The number of carbonyl (C=O) groups is 1. The average molecular weight is 268 g/mol. The molecule has 0 amide bonds. The van der Waals surface area contributed by atoms with E-state index < -0.39 is 5.97 Å². The highest BCUT2D eigenvalue weighted by Crippen LogP contribution is 2.17. The molecule has 2 N–H and O–H groups in total. The van der Waals surface area contributed by atoms with Gasteiger partial charge in [0.1, 0.15) is 17.3 Å². The summed E-state index contributed by atoms with van der Waals surface area (Å²) in [7, 11) is 0. The molecule has 0 atom stereocenters. The first-order valence-electron chi connectivity index (χ1n) is 5.07. The molecular weight excluding hydrogens is 258 g/mol. The van der Waals surface area contributed by atoms with Crippen molar-refractivity contribution >= 4 is 23.5 Å². The molecule has 2 aromatic heterocycles. The summed E-state index contributed by atoms with van der Waals surface area (Å²) in [5.41, 5.74) is 6.74. The molecule has 7 heteroatoms. The summed E-state index contributed by atoms with van der Waals surface area (Å²) in [4.78, 5) is 15.6. The molecule has 0 saturated heterocycles. The maximum absolute atomic E-state index is 11.7. The van der Waals surface area contributed by atoms with E-state index in [1.807, 2.05) is 0 Å². The third-order valence-corrected chi connectivity index (χ3v) is 2.48. The van der Waals surface area contributed by atoms with Crippen molar-refractivity contribution in [2.75, 3.05) is 5.73 Å². The van der Waals surface area contributed by atoms with E-state index in [0.29, 0.717) is 10.8 Å². The molecule has 0 saturated carbocycles. The van der Waals surface area contributed by atoms with Gasteiger partial charge in [0.15, 0.2) is 0 Å². The van der Waals surface area contributed by atoms with Crippen molar-refractivity contribution in [1.82, 2.24) is 10.1 Å². The predicted octanol–water partition coefficient (Wildman–Crippen LogP) is 1.97. The minimum Gasteiger partial charge on any atom is -0.457 e. The Morgan fingerprint density at radius 1 is 1.56 bits per heavy atom. The largest absolute Gasteiger partial charge is 0.457 e. The van der Waals surface area contributed by atoms with E-state index in [0.717, 1.165) is 5.56 Å². The van der Waals surface area contributed by atoms with Gasteiger partial charge in [-0.25, -0.2) is 9.78 Å². The van der Waals surface area contributed by atoms with Gasteiger partial charge in [0, 0.05) is 11.8 Å². The average Bonchev–Trinajstić information content (AvgIpc) is 2.68. The number of pyridine rings is 1. The number of ether oxygens (including phenoxy) is 1. The van der Waals surface area contributed by atoms with Crippen LogP contribution < -0.4 is 5.73 Å². The number of anilines is 1. The standard InChI is InChI=1S/C11H10ClN3O3/c1-6-9(10(13)18-15-6)11(16)17-5-7-2-3-8(12)14-4-7/h2-4H,5,13H2,1H3. The van der Waals surface area contributed by atoms with Gasteiger partial charge in [-0.2, -0.15) is 0 Å². The van der Waals surface area contributed by atoms with Gasteiger partial charge in [0.2, 0.25) is 5.88 Å². The Labute approximate surface area is 108 Å². The molecule has 0 aromatic carbocycles. The van der Waals surface area contributed by atoms with Crippen LogP contribution in [0.4, 0.5) is 5.88 Å². The van der Waals surface area contributed by atoms with Crippen LogP contribution in [-0.2, 0) is 11.3 Å². The number of aryl methyl sites for hydroxylation is 1. The molecule has 0 fully saturated rings. The lowest BCUT2D eigenvalue weighted by Crippen LogP contribution is -2.08. The molecule has 0 bridgehead atoms. The number of esters is 1. The van der Waals surface area contributed by atoms with E-state index in [1.165, 1.54) is 6.20 Å². The number of nitrogens with two attached hydrogens (primary N) is 1.